The van der Waals surface area contributed by atoms with E-state index < -0.39 is 0 Å². The number of carbonyl (C=O) groups is 2. The van der Waals surface area contributed by atoms with E-state index in [0.29, 0.717) is 17.0 Å². The van der Waals surface area contributed by atoms with Gasteiger partial charge in [0.15, 0.2) is 6.61 Å². The maximum atomic E-state index is 12.4. The lowest BCUT2D eigenvalue weighted by atomic mass is 10.2. The van der Waals surface area contributed by atoms with Gasteiger partial charge in [0.05, 0.1) is 5.69 Å². The molecule has 2 aromatic carbocycles. The van der Waals surface area contributed by atoms with E-state index in [2.05, 4.69) is 15.4 Å². The Bertz CT molecular complexity index is 904. The van der Waals surface area contributed by atoms with Crippen molar-refractivity contribution in [3.63, 3.8) is 0 Å². The number of ether oxygens (including phenoxy) is 1. The molecule has 2 amide bonds. The van der Waals surface area contributed by atoms with Gasteiger partial charge in [0.2, 0.25) is 0 Å². The fourth-order valence-corrected chi connectivity index (χ4v) is 2.22. The molecule has 0 fully saturated rings. The van der Waals surface area contributed by atoms with Crippen molar-refractivity contribution in [2.24, 2.45) is 0 Å². The molecule has 0 radical (unpaired) electrons. The van der Waals surface area contributed by atoms with Crippen LogP contribution < -0.4 is 10.1 Å². The second-order valence-electron chi connectivity index (χ2n) is 5.94. The topological polar surface area (TPSA) is 89.4 Å². The number of amides is 2. The normalized spacial score (nSPS) is 10.3. The molecule has 0 aliphatic carbocycles. The van der Waals surface area contributed by atoms with E-state index >= 15 is 0 Å². The summed E-state index contributed by atoms with van der Waals surface area (Å²) in [5, 5.41) is 6.86. The molecule has 3 rings (SSSR count). The summed E-state index contributed by atoms with van der Waals surface area (Å²) in [4.78, 5) is 29.2. The van der Waals surface area contributed by atoms with Gasteiger partial charge in [-0.05, 0) is 48.5 Å². The van der Waals surface area contributed by atoms with Crippen molar-refractivity contribution in [3.8, 4) is 11.4 Å². The van der Waals surface area contributed by atoms with Crippen molar-refractivity contribution in [1.82, 2.24) is 19.7 Å². The number of aromatic nitrogens is 3. The van der Waals surface area contributed by atoms with Crippen molar-refractivity contribution in [2.75, 3.05) is 26.0 Å². The number of nitrogens with one attached hydrogen (secondary N) is 1. The zero-order chi connectivity index (χ0) is 19.2. The number of hydrogen-bond donors (Lipinski definition) is 1. The number of carbonyl (C=O) groups excluding carboxylic acids is 2. The molecule has 138 valence electrons. The Hall–Kier alpha value is -3.68. The second-order valence-corrected chi connectivity index (χ2v) is 5.94. The van der Waals surface area contributed by atoms with E-state index in [-0.39, 0.29) is 18.4 Å². The highest BCUT2D eigenvalue weighted by Gasteiger charge is 2.08. The van der Waals surface area contributed by atoms with E-state index in [9.17, 15) is 9.59 Å². The average molecular weight is 365 g/mol. The largest absolute Gasteiger partial charge is 0.484 e. The molecule has 1 heterocycles. The monoisotopic (exact) mass is 365 g/mol. The van der Waals surface area contributed by atoms with Crippen LogP contribution in [0.3, 0.4) is 0 Å². The second kappa shape index (κ2) is 8.13. The Morgan fingerprint density at radius 3 is 2.37 bits per heavy atom. The third-order valence-electron chi connectivity index (χ3n) is 3.79. The Labute approximate surface area is 156 Å². The number of rotatable bonds is 6. The zero-order valence-electron chi connectivity index (χ0n) is 15.0. The predicted molar refractivity (Wildman–Crippen MR) is 99.9 cm³/mol. The summed E-state index contributed by atoms with van der Waals surface area (Å²) in [5.74, 6) is 0.207. The van der Waals surface area contributed by atoms with Crippen LogP contribution in [0.25, 0.3) is 5.69 Å². The van der Waals surface area contributed by atoms with Crippen LogP contribution in [0.5, 0.6) is 5.75 Å². The fourth-order valence-electron chi connectivity index (χ4n) is 2.22. The summed E-state index contributed by atoms with van der Waals surface area (Å²) in [6.45, 7) is -0.0309. The van der Waals surface area contributed by atoms with Gasteiger partial charge < -0.3 is 15.0 Å². The summed E-state index contributed by atoms with van der Waals surface area (Å²) in [6, 6.07) is 13.9. The molecule has 3 aromatic rings. The number of anilines is 1. The van der Waals surface area contributed by atoms with E-state index in [1.165, 1.54) is 11.2 Å². The Kier molecular flexibility index (Phi) is 5.46. The zero-order valence-corrected chi connectivity index (χ0v) is 15.0. The van der Waals surface area contributed by atoms with Gasteiger partial charge in [-0.25, -0.2) is 9.67 Å². The van der Waals surface area contributed by atoms with E-state index in [0.717, 1.165) is 5.69 Å². The highest BCUT2D eigenvalue weighted by atomic mass is 16.5. The van der Waals surface area contributed by atoms with Crippen LogP contribution in [0.15, 0.2) is 61.2 Å². The molecule has 8 heteroatoms. The molecule has 0 aliphatic heterocycles. The van der Waals surface area contributed by atoms with Crippen molar-refractivity contribution in [1.29, 1.82) is 0 Å². The molecule has 0 spiro atoms. The minimum atomic E-state index is -0.225. The first kappa shape index (κ1) is 18.1. The van der Waals surface area contributed by atoms with Gasteiger partial charge in [-0.2, -0.15) is 5.10 Å². The highest BCUT2D eigenvalue weighted by molar-refractivity contribution is 6.04. The van der Waals surface area contributed by atoms with E-state index in [1.807, 2.05) is 0 Å². The number of nitrogens with zero attached hydrogens (tertiary/aromatic N) is 4. The van der Waals surface area contributed by atoms with Crippen molar-refractivity contribution in [3.05, 3.63) is 66.7 Å². The van der Waals surface area contributed by atoms with Crippen LogP contribution in [-0.4, -0.2) is 52.2 Å². The molecular formula is C19H19N5O3. The van der Waals surface area contributed by atoms with Crippen molar-refractivity contribution < 1.29 is 14.3 Å². The summed E-state index contributed by atoms with van der Waals surface area (Å²) >= 11 is 0. The molecule has 27 heavy (non-hydrogen) atoms. The number of hydrogen-bond acceptors (Lipinski definition) is 5. The molecule has 0 bridgehead atoms. The van der Waals surface area contributed by atoms with Gasteiger partial charge >= 0.3 is 0 Å². The molecule has 0 aliphatic rings. The molecule has 1 N–H and O–H groups in total. The summed E-state index contributed by atoms with van der Waals surface area (Å²) < 4.78 is 7.02. The SMILES string of the molecule is CN(C)C(=O)COc1ccc(NC(=O)c2ccc(-n3cncn3)cc2)cc1. The van der Waals surface area contributed by atoms with Crippen molar-refractivity contribution in [2.45, 2.75) is 0 Å². The third kappa shape index (κ3) is 4.69. The number of benzene rings is 2. The lowest BCUT2D eigenvalue weighted by Gasteiger charge is -2.12. The van der Waals surface area contributed by atoms with Gasteiger partial charge in [-0.1, -0.05) is 0 Å². The Balaban J connectivity index is 1.58. The quantitative estimate of drug-likeness (QED) is 0.722. The molecule has 0 atom stereocenters. The molecule has 0 unspecified atom stereocenters. The molecular weight excluding hydrogens is 346 g/mol. The summed E-state index contributed by atoms with van der Waals surface area (Å²) in [6.07, 6.45) is 3.04. The Morgan fingerprint density at radius 1 is 1.07 bits per heavy atom. The van der Waals surface area contributed by atoms with E-state index in [4.69, 9.17) is 4.74 Å². The molecule has 0 saturated carbocycles. The standard InChI is InChI=1S/C19H19N5O3/c1-23(2)18(25)11-27-17-9-5-15(6-10-17)22-19(26)14-3-7-16(8-4-14)24-13-20-12-21-24/h3-10,12-13H,11H2,1-2H3,(H,22,26). The summed E-state index contributed by atoms with van der Waals surface area (Å²) in [5.41, 5.74) is 1.97. The first-order valence-corrected chi connectivity index (χ1v) is 8.22. The van der Waals surface area contributed by atoms with E-state index in [1.54, 1.807) is 73.6 Å². The fraction of sp³-hybridized carbons (Fsp3) is 0.158. The number of likely N-dealkylation sites (N-methyl/N-ethyl adjacent to an activating group) is 1. The molecule has 1 aromatic heterocycles. The molecule has 8 nitrogen and oxygen atoms in total. The van der Waals surface area contributed by atoms with Gasteiger partial charge in [0.25, 0.3) is 11.8 Å². The minimum Gasteiger partial charge on any atom is -0.484 e. The van der Waals surface area contributed by atoms with Crippen LogP contribution in [0.4, 0.5) is 5.69 Å². The molecule has 0 saturated heterocycles. The van der Waals surface area contributed by atoms with Crippen molar-refractivity contribution >= 4 is 17.5 Å². The van der Waals surface area contributed by atoms with Crippen LogP contribution >= 0.6 is 0 Å². The van der Waals surface area contributed by atoms with Gasteiger partial charge in [-0.15, -0.1) is 0 Å². The third-order valence-corrected chi connectivity index (χ3v) is 3.79. The van der Waals surface area contributed by atoms with Gasteiger partial charge in [-0.3, -0.25) is 9.59 Å². The predicted octanol–water partition coefficient (Wildman–Crippen LogP) is 1.99. The van der Waals surface area contributed by atoms with Crippen LogP contribution in [0.1, 0.15) is 10.4 Å². The average Bonchev–Trinajstić information content (AvgIpc) is 3.22. The highest BCUT2D eigenvalue weighted by Crippen LogP contribution is 2.17. The smallest absolute Gasteiger partial charge is 0.259 e. The summed E-state index contributed by atoms with van der Waals surface area (Å²) in [7, 11) is 3.34. The first-order chi connectivity index (χ1) is 13.0. The van der Waals surface area contributed by atoms with Crippen LogP contribution in [0, 0.1) is 0 Å². The van der Waals surface area contributed by atoms with Gasteiger partial charge in [0, 0.05) is 25.3 Å². The lowest BCUT2D eigenvalue weighted by molar-refractivity contribution is -0.130. The minimum absolute atomic E-state index is 0.0309. The van der Waals surface area contributed by atoms with Gasteiger partial charge in [0.1, 0.15) is 18.4 Å². The first-order valence-electron chi connectivity index (χ1n) is 8.22. The van der Waals surface area contributed by atoms with Crippen LogP contribution in [0.2, 0.25) is 0 Å². The Morgan fingerprint density at radius 2 is 1.78 bits per heavy atom. The maximum absolute atomic E-state index is 12.4. The maximum Gasteiger partial charge on any atom is 0.259 e. The van der Waals surface area contributed by atoms with Crippen LogP contribution in [-0.2, 0) is 4.79 Å². The lowest BCUT2D eigenvalue weighted by Crippen LogP contribution is -2.27.